The van der Waals surface area contributed by atoms with Crippen molar-refractivity contribution in [1.82, 2.24) is 5.32 Å². The van der Waals surface area contributed by atoms with Gasteiger partial charge in [0.25, 0.3) is 0 Å². The maximum Gasteiger partial charge on any atom is 0.311 e. The molecule has 1 saturated heterocycles. The van der Waals surface area contributed by atoms with Gasteiger partial charge in [0.2, 0.25) is 0 Å². The molecule has 0 aromatic heterocycles. The van der Waals surface area contributed by atoms with E-state index in [1.165, 1.54) is 7.11 Å². The van der Waals surface area contributed by atoms with E-state index in [0.29, 0.717) is 17.8 Å². The second-order valence-electron chi connectivity index (χ2n) is 9.11. The molecule has 2 atom stereocenters. The smallest absolute Gasteiger partial charge is 0.311 e. The number of hydrogen-bond donors (Lipinski definition) is 2. The van der Waals surface area contributed by atoms with Crippen molar-refractivity contribution >= 4 is 11.9 Å². The zero-order valence-electron chi connectivity index (χ0n) is 17.6. The lowest BCUT2D eigenvalue weighted by molar-refractivity contribution is -0.160. The number of carboxylic acid groups (broad SMARTS) is 1. The lowest BCUT2D eigenvalue weighted by Gasteiger charge is -2.45. The number of methoxy groups -OCH3 is 1. The molecule has 1 heterocycles. The number of carbonyl (C=O) groups excluding carboxylic acids is 1. The number of rotatable bonds is 10. The minimum absolute atomic E-state index is 0.168. The number of carboxylic acids is 1. The number of carbonyl (C=O) groups is 2. The van der Waals surface area contributed by atoms with Crippen LogP contribution in [0, 0.1) is 28.6 Å². The molecule has 152 valence electrons. The number of esters is 1. The van der Waals surface area contributed by atoms with E-state index in [4.69, 9.17) is 9.84 Å². The summed E-state index contributed by atoms with van der Waals surface area (Å²) in [6.45, 7) is 12.6. The summed E-state index contributed by atoms with van der Waals surface area (Å²) in [4.78, 5) is 23.2. The predicted molar refractivity (Wildman–Crippen MR) is 104 cm³/mol. The Hall–Kier alpha value is -1.10. The first-order valence-corrected chi connectivity index (χ1v) is 10.0. The maximum atomic E-state index is 12.3. The van der Waals surface area contributed by atoms with Gasteiger partial charge in [0.15, 0.2) is 0 Å². The molecule has 0 spiro atoms. The van der Waals surface area contributed by atoms with E-state index in [0.717, 1.165) is 45.2 Å². The summed E-state index contributed by atoms with van der Waals surface area (Å²) in [6, 6.07) is 0. The number of aliphatic carboxylic acids is 1. The molecule has 1 aliphatic rings. The summed E-state index contributed by atoms with van der Waals surface area (Å²) in [6.07, 6.45) is 5.27. The third-order valence-corrected chi connectivity index (χ3v) is 7.21. The Balaban J connectivity index is 2.86. The minimum Gasteiger partial charge on any atom is -0.481 e. The second kappa shape index (κ2) is 9.72. The van der Waals surface area contributed by atoms with Crippen LogP contribution in [0.5, 0.6) is 0 Å². The van der Waals surface area contributed by atoms with Crippen LogP contribution in [0.15, 0.2) is 0 Å². The summed E-state index contributed by atoms with van der Waals surface area (Å²) < 4.78 is 5.05. The number of nitrogens with one attached hydrogen (secondary N) is 1. The molecule has 1 aliphatic heterocycles. The highest BCUT2D eigenvalue weighted by Gasteiger charge is 2.47. The first kappa shape index (κ1) is 22.9. The quantitative estimate of drug-likeness (QED) is 0.567. The van der Waals surface area contributed by atoms with Gasteiger partial charge in [-0.3, -0.25) is 9.59 Å². The molecule has 0 bridgehead atoms. The first-order chi connectivity index (χ1) is 12.0. The van der Waals surface area contributed by atoms with Crippen LogP contribution in [-0.2, 0) is 14.3 Å². The molecule has 0 saturated carbocycles. The number of ether oxygens (including phenoxy) is 1. The van der Waals surface area contributed by atoms with E-state index >= 15 is 0 Å². The first-order valence-electron chi connectivity index (χ1n) is 10.0. The van der Waals surface area contributed by atoms with Gasteiger partial charge in [0.05, 0.1) is 12.5 Å². The Kier molecular flexibility index (Phi) is 8.58. The summed E-state index contributed by atoms with van der Waals surface area (Å²) >= 11 is 0. The fourth-order valence-corrected chi connectivity index (χ4v) is 4.26. The maximum absolute atomic E-state index is 12.3. The van der Waals surface area contributed by atoms with Crippen LogP contribution in [0.4, 0.5) is 0 Å². The molecular formula is C21H39NO4. The van der Waals surface area contributed by atoms with Crippen LogP contribution in [0.3, 0.4) is 0 Å². The van der Waals surface area contributed by atoms with E-state index < -0.39 is 11.4 Å². The highest BCUT2D eigenvalue weighted by molar-refractivity contribution is 5.76. The van der Waals surface area contributed by atoms with Crippen LogP contribution >= 0.6 is 0 Å². The molecule has 0 aromatic carbocycles. The van der Waals surface area contributed by atoms with Crippen molar-refractivity contribution in [2.75, 3.05) is 20.2 Å². The molecule has 2 N–H and O–H groups in total. The van der Waals surface area contributed by atoms with Crippen LogP contribution in [-0.4, -0.2) is 37.2 Å². The van der Waals surface area contributed by atoms with Crippen LogP contribution < -0.4 is 5.32 Å². The molecule has 1 rings (SSSR count). The highest BCUT2D eigenvalue weighted by Crippen LogP contribution is 2.48. The standard InChI is InChI=1S/C21H39NO4/c1-15(20(2,3)21(4,5)19(25)26-6)14-17(8-7-9-18(23)24)16-10-12-22-13-11-16/h15-17,22H,7-14H2,1-6H3,(H,23,24). The van der Waals surface area contributed by atoms with Gasteiger partial charge in [-0.2, -0.15) is 0 Å². The Bertz CT molecular complexity index is 467. The average molecular weight is 370 g/mol. The lowest BCUT2D eigenvalue weighted by atomic mass is 9.59. The van der Waals surface area contributed by atoms with Crippen LogP contribution in [0.2, 0.25) is 0 Å². The Morgan fingerprint density at radius 3 is 2.27 bits per heavy atom. The van der Waals surface area contributed by atoms with Crippen molar-refractivity contribution in [2.45, 2.75) is 73.1 Å². The van der Waals surface area contributed by atoms with Crippen molar-refractivity contribution in [2.24, 2.45) is 28.6 Å². The summed E-state index contributed by atoms with van der Waals surface area (Å²) in [5, 5.41) is 12.4. The third-order valence-electron chi connectivity index (χ3n) is 7.21. The average Bonchev–Trinajstić information content (AvgIpc) is 2.60. The van der Waals surface area contributed by atoms with Gasteiger partial charge >= 0.3 is 11.9 Å². The number of hydrogen-bond acceptors (Lipinski definition) is 4. The fourth-order valence-electron chi connectivity index (χ4n) is 4.26. The van der Waals surface area contributed by atoms with Crippen LogP contribution in [0.25, 0.3) is 0 Å². The molecule has 0 aromatic rings. The van der Waals surface area contributed by atoms with E-state index in [1.54, 1.807) is 0 Å². The summed E-state index contributed by atoms with van der Waals surface area (Å²) in [7, 11) is 1.45. The van der Waals surface area contributed by atoms with Crippen molar-refractivity contribution in [1.29, 1.82) is 0 Å². The van der Waals surface area contributed by atoms with Gasteiger partial charge in [0.1, 0.15) is 0 Å². The summed E-state index contributed by atoms with van der Waals surface area (Å²) in [5.41, 5.74) is -0.779. The fraction of sp³-hybridized carbons (Fsp3) is 0.905. The molecule has 5 nitrogen and oxygen atoms in total. The Morgan fingerprint density at radius 1 is 1.19 bits per heavy atom. The molecule has 0 amide bonds. The molecular weight excluding hydrogens is 330 g/mol. The Labute approximate surface area is 159 Å². The predicted octanol–water partition coefficient (Wildman–Crippen LogP) is 4.11. The van der Waals surface area contributed by atoms with Crippen LogP contribution in [0.1, 0.15) is 73.1 Å². The SMILES string of the molecule is COC(=O)C(C)(C)C(C)(C)C(C)CC(CCCC(=O)O)C1CCNCC1. The van der Waals surface area contributed by atoms with Gasteiger partial charge in [-0.05, 0) is 82.2 Å². The molecule has 2 unspecified atom stereocenters. The van der Waals surface area contributed by atoms with Crippen molar-refractivity contribution in [3.8, 4) is 0 Å². The second-order valence-corrected chi connectivity index (χ2v) is 9.11. The van der Waals surface area contributed by atoms with E-state index in [-0.39, 0.29) is 17.8 Å². The monoisotopic (exact) mass is 369 g/mol. The molecule has 26 heavy (non-hydrogen) atoms. The topological polar surface area (TPSA) is 75.6 Å². The molecule has 1 fully saturated rings. The zero-order valence-corrected chi connectivity index (χ0v) is 17.6. The highest BCUT2D eigenvalue weighted by atomic mass is 16.5. The normalized spacial score (nSPS) is 19.0. The Morgan fingerprint density at radius 2 is 1.77 bits per heavy atom. The van der Waals surface area contributed by atoms with Gasteiger partial charge in [-0.15, -0.1) is 0 Å². The van der Waals surface area contributed by atoms with Gasteiger partial charge in [0, 0.05) is 6.42 Å². The molecule has 0 radical (unpaired) electrons. The van der Waals surface area contributed by atoms with Crippen molar-refractivity contribution in [3.05, 3.63) is 0 Å². The zero-order chi connectivity index (χ0) is 20.0. The number of piperidine rings is 1. The van der Waals surface area contributed by atoms with Gasteiger partial charge in [-0.1, -0.05) is 20.8 Å². The van der Waals surface area contributed by atoms with Gasteiger partial charge in [-0.25, -0.2) is 0 Å². The van der Waals surface area contributed by atoms with Gasteiger partial charge < -0.3 is 15.2 Å². The molecule has 0 aliphatic carbocycles. The van der Waals surface area contributed by atoms with Crippen molar-refractivity contribution in [3.63, 3.8) is 0 Å². The van der Waals surface area contributed by atoms with Crippen molar-refractivity contribution < 1.29 is 19.4 Å². The largest absolute Gasteiger partial charge is 0.481 e. The summed E-state index contributed by atoms with van der Waals surface area (Å²) in [5.74, 6) is 0.609. The minimum atomic E-state index is -0.714. The lowest BCUT2D eigenvalue weighted by Crippen LogP contribution is -2.45. The van der Waals surface area contributed by atoms with E-state index in [1.807, 2.05) is 13.8 Å². The molecule has 5 heteroatoms. The third kappa shape index (κ3) is 5.70. The van der Waals surface area contributed by atoms with E-state index in [2.05, 4.69) is 26.1 Å². The van der Waals surface area contributed by atoms with E-state index in [9.17, 15) is 9.59 Å².